The van der Waals surface area contributed by atoms with E-state index in [0.717, 1.165) is 12.5 Å². The number of esters is 1. The predicted molar refractivity (Wildman–Crippen MR) is 66.9 cm³/mol. The number of hydrogen-bond donors (Lipinski definition) is 1. The van der Waals surface area contributed by atoms with Gasteiger partial charge < -0.3 is 10.1 Å². The SMILES string of the molecule is CC(=O)Oc1ccc([C@H]2CC[C@H](C)CN2)cc1. The third-order valence-corrected chi connectivity index (χ3v) is 3.20. The number of hydrogen-bond acceptors (Lipinski definition) is 3. The maximum Gasteiger partial charge on any atom is 0.308 e. The number of nitrogens with one attached hydrogen (secondary N) is 1. The lowest BCUT2D eigenvalue weighted by Crippen LogP contribution is -2.31. The Morgan fingerprint density at radius 1 is 1.29 bits per heavy atom. The Kier molecular flexibility index (Phi) is 3.79. The van der Waals surface area contributed by atoms with Gasteiger partial charge in [-0.1, -0.05) is 19.1 Å². The average Bonchev–Trinajstić information content (AvgIpc) is 2.30. The predicted octanol–water partition coefficient (Wildman–Crippen LogP) is 2.67. The standard InChI is InChI=1S/C14H19NO2/c1-10-3-8-14(15-9-10)12-4-6-13(7-5-12)17-11(2)16/h4-7,10,14-15H,3,8-9H2,1-2H3/t10-,14+/m0/s1. The van der Waals surface area contributed by atoms with Crippen LogP contribution in [0, 0.1) is 5.92 Å². The van der Waals surface area contributed by atoms with Crippen molar-refractivity contribution in [2.24, 2.45) is 5.92 Å². The molecule has 1 aromatic rings. The maximum absolute atomic E-state index is 10.8. The van der Waals surface area contributed by atoms with E-state index in [1.54, 1.807) is 0 Å². The molecule has 1 aliphatic rings. The first-order valence-electron chi connectivity index (χ1n) is 6.17. The number of piperidine rings is 1. The van der Waals surface area contributed by atoms with Crippen molar-refractivity contribution in [2.75, 3.05) is 6.54 Å². The molecule has 1 saturated heterocycles. The minimum absolute atomic E-state index is 0.276. The van der Waals surface area contributed by atoms with E-state index in [4.69, 9.17) is 4.74 Å². The summed E-state index contributed by atoms with van der Waals surface area (Å²) >= 11 is 0. The van der Waals surface area contributed by atoms with Gasteiger partial charge in [0.15, 0.2) is 0 Å². The van der Waals surface area contributed by atoms with E-state index in [1.807, 2.05) is 24.3 Å². The molecule has 0 unspecified atom stereocenters. The highest BCUT2D eigenvalue weighted by molar-refractivity contribution is 5.69. The molecule has 0 aromatic heterocycles. The topological polar surface area (TPSA) is 38.3 Å². The maximum atomic E-state index is 10.8. The van der Waals surface area contributed by atoms with E-state index in [1.165, 1.54) is 25.3 Å². The molecule has 3 nitrogen and oxygen atoms in total. The third-order valence-electron chi connectivity index (χ3n) is 3.20. The van der Waals surface area contributed by atoms with Crippen molar-refractivity contribution in [2.45, 2.75) is 32.7 Å². The van der Waals surface area contributed by atoms with Gasteiger partial charge in [0.1, 0.15) is 5.75 Å². The summed E-state index contributed by atoms with van der Waals surface area (Å²) in [5.74, 6) is 1.11. The van der Waals surface area contributed by atoms with E-state index < -0.39 is 0 Å². The summed E-state index contributed by atoms with van der Waals surface area (Å²) in [6.45, 7) is 4.77. The van der Waals surface area contributed by atoms with Gasteiger partial charge in [0.2, 0.25) is 0 Å². The summed E-state index contributed by atoms with van der Waals surface area (Å²) in [4.78, 5) is 10.8. The highest BCUT2D eigenvalue weighted by Crippen LogP contribution is 2.26. The summed E-state index contributed by atoms with van der Waals surface area (Å²) in [5.41, 5.74) is 1.27. The van der Waals surface area contributed by atoms with E-state index in [0.29, 0.717) is 11.8 Å². The Hall–Kier alpha value is -1.35. The molecule has 2 atom stereocenters. The van der Waals surface area contributed by atoms with Crippen LogP contribution in [-0.2, 0) is 4.79 Å². The fraction of sp³-hybridized carbons (Fsp3) is 0.500. The number of benzene rings is 1. The molecule has 0 spiro atoms. The van der Waals surface area contributed by atoms with Crippen LogP contribution < -0.4 is 10.1 Å². The molecule has 1 aliphatic heterocycles. The fourth-order valence-electron chi connectivity index (χ4n) is 2.22. The lowest BCUT2D eigenvalue weighted by atomic mass is 9.92. The molecule has 0 saturated carbocycles. The van der Waals surface area contributed by atoms with Gasteiger partial charge >= 0.3 is 5.97 Å². The lowest BCUT2D eigenvalue weighted by molar-refractivity contribution is -0.131. The monoisotopic (exact) mass is 233 g/mol. The molecule has 1 aromatic carbocycles. The van der Waals surface area contributed by atoms with Gasteiger partial charge in [-0.05, 0) is 43.0 Å². The Labute approximate surface area is 102 Å². The van der Waals surface area contributed by atoms with Crippen LogP contribution in [0.25, 0.3) is 0 Å². The molecule has 3 heteroatoms. The Bertz CT molecular complexity index is 378. The van der Waals surface area contributed by atoms with Crippen molar-refractivity contribution in [3.05, 3.63) is 29.8 Å². The molecule has 0 radical (unpaired) electrons. The second-order valence-electron chi connectivity index (χ2n) is 4.81. The van der Waals surface area contributed by atoms with Crippen molar-refractivity contribution in [1.82, 2.24) is 5.32 Å². The quantitative estimate of drug-likeness (QED) is 0.630. The van der Waals surface area contributed by atoms with Gasteiger partial charge in [0.25, 0.3) is 0 Å². The second-order valence-corrected chi connectivity index (χ2v) is 4.81. The van der Waals surface area contributed by atoms with Gasteiger partial charge in [-0.3, -0.25) is 4.79 Å². The molecule has 92 valence electrons. The van der Waals surface area contributed by atoms with Crippen LogP contribution >= 0.6 is 0 Å². The van der Waals surface area contributed by atoms with Crippen LogP contribution in [0.2, 0.25) is 0 Å². The highest BCUT2D eigenvalue weighted by Gasteiger charge is 2.18. The van der Waals surface area contributed by atoms with Crippen LogP contribution in [0.1, 0.15) is 38.3 Å². The van der Waals surface area contributed by atoms with Gasteiger partial charge in [-0.2, -0.15) is 0 Å². The Morgan fingerprint density at radius 2 is 2.00 bits per heavy atom. The second kappa shape index (κ2) is 5.32. The summed E-state index contributed by atoms with van der Waals surface area (Å²) in [6, 6.07) is 8.22. The Morgan fingerprint density at radius 3 is 2.53 bits per heavy atom. The normalized spacial score (nSPS) is 24.4. The van der Waals surface area contributed by atoms with Gasteiger partial charge in [0, 0.05) is 13.0 Å². The molecule has 1 fully saturated rings. The van der Waals surface area contributed by atoms with Crippen LogP contribution in [-0.4, -0.2) is 12.5 Å². The largest absolute Gasteiger partial charge is 0.427 e. The van der Waals surface area contributed by atoms with Crippen LogP contribution in [0.3, 0.4) is 0 Å². The molecule has 0 bridgehead atoms. The summed E-state index contributed by atoms with van der Waals surface area (Å²) in [6.07, 6.45) is 2.44. The van der Waals surface area contributed by atoms with Crippen molar-refractivity contribution in [1.29, 1.82) is 0 Å². The molecule has 2 rings (SSSR count). The first kappa shape index (κ1) is 12.1. The van der Waals surface area contributed by atoms with Crippen LogP contribution in [0.15, 0.2) is 24.3 Å². The number of ether oxygens (including phenoxy) is 1. The zero-order valence-corrected chi connectivity index (χ0v) is 10.4. The zero-order chi connectivity index (χ0) is 12.3. The molecule has 17 heavy (non-hydrogen) atoms. The van der Waals surface area contributed by atoms with E-state index in [9.17, 15) is 4.79 Å². The van der Waals surface area contributed by atoms with Crippen LogP contribution in [0.5, 0.6) is 5.75 Å². The van der Waals surface area contributed by atoms with E-state index in [-0.39, 0.29) is 5.97 Å². The van der Waals surface area contributed by atoms with Crippen LogP contribution in [0.4, 0.5) is 0 Å². The zero-order valence-electron chi connectivity index (χ0n) is 10.4. The lowest BCUT2D eigenvalue weighted by Gasteiger charge is -2.28. The first-order valence-corrected chi connectivity index (χ1v) is 6.17. The molecule has 0 amide bonds. The van der Waals surface area contributed by atoms with E-state index >= 15 is 0 Å². The molecule has 0 aliphatic carbocycles. The third kappa shape index (κ3) is 3.30. The average molecular weight is 233 g/mol. The summed E-state index contributed by atoms with van der Waals surface area (Å²) in [5, 5.41) is 3.54. The van der Waals surface area contributed by atoms with Gasteiger partial charge in [-0.15, -0.1) is 0 Å². The van der Waals surface area contributed by atoms with Crippen molar-refractivity contribution in [3.63, 3.8) is 0 Å². The first-order chi connectivity index (χ1) is 8.15. The fourth-order valence-corrected chi connectivity index (χ4v) is 2.22. The number of rotatable bonds is 2. The van der Waals surface area contributed by atoms with Crippen molar-refractivity contribution in [3.8, 4) is 5.75 Å². The number of carbonyl (C=O) groups is 1. The molecular weight excluding hydrogens is 214 g/mol. The molecule has 1 heterocycles. The number of carbonyl (C=O) groups excluding carboxylic acids is 1. The van der Waals surface area contributed by atoms with Gasteiger partial charge in [-0.25, -0.2) is 0 Å². The Balaban J connectivity index is 2.00. The highest BCUT2D eigenvalue weighted by atomic mass is 16.5. The van der Waals surface area contributed by atoms with Crippen molar-refractivity contribution >= 4 is 5.97 Å². The summed E-state index contributed by atoms with van der Waals surface area (Å²) < 4.78 is 5.01. The van der Waals surface area contributed by atoms with Crippen molar-refractivity contribution < 1.29 is 9.53 Å². The molecule has 1 N–H and O–H groups in total. The summed E-state index contributed by atoms with van der Waals surface area (Å²) in [7, 11) is 0. The minimum Gasteiger partial charge on any atom is -0.427 e. The van der Waals surface area contributed by atoms with E-state index in [2.05, 4.69) is 12.2 Å². The smallest absolute Gasteiger partial charge is 0.308 e. The van der Waals surface area contributed by atoms with Gasteiger partial charge in [0.05, 0.1) is 0 Å². The minimum atomic E-state index is -0.276. The molecular formula is C14H19NO2.